The van der Waals surface area contributed by atoms with Gasteiger partial charge in [0.25, 0.3) is 0 Å². The SMILES string of the molecule is O=S1(=O)CCC(C2(Cc3c(F)ccc(Br)c3F)CNC2)C1. The monoisotopic (exact) mass is 379 g/mol. The van der Waals surface area contributed by atoms with Crippen LogP contribution in [0.2, 0.25) is 0 Å². The molecule has 1 atom stereocenters. The molecule has 2 aliphatic rings. The summed E-state index contributed by atoms with van der Waals surface area (Å²) in [6.07, 6.45) is 0.818. The Morgan fingerprint density at radius 3 is 2.57 bits per heavy atom. The van der Waals surface area contributed by atoms with Crippen molar-refractivity contribution < 1.29 is 17.2 Å². The van der Waals surface area contributed by atoms with Gasteiger partial charge in [-0.1, -0.05) is 0 Å². The lowest BCUT2D eigenvalue weighted by Crippen LogP contribution is -2.59. The van der Waals surface area contributed by atoms with Crippen LogP contribution in [0.5, 0.6) is 0 Å². The van der Waals surface area contributed by atoms with E-state index in [2.05, 4.69) is 21.2 Å². The first-order valence-corrected chi connectivity index (χ1v) is 9.48. The van der Waals surface area contributed by atoms with Gasteiger partial charge in [-0.05, 0) is 46.8 Å². The van der Waals surface area contributed by atoms with Crippen molar-refractivity contribution in [3.8, 4) is 0 Å². The molecule has 0 bridgehead atoms. The molecule has 3 nitrogen and oxygen atoms in total. The maximum absolute atomic E-state index is 14.2. The molecule has 1 N–H and O–H groups in total. The standard InChI is InChI=1S/C14H16BrF2NO2S/c15-11-1-2-12(16)10(13(11)17)5-14(7-18-8-14)9-3-4-21(19,20)6-9/h1-2,9,18H,3-8H2. The van der Waals surface area contributed by atoms with Crippen molar-refractivity contribution in [2.24, 2.45) is 11.3 Å². The molecule has 0 amide bonds. The van der Waals surface area contributed by atoms with Gasteiger partial charge in [0.1, 0.15) is 11.6 Å². The maximum Gasteiger partial charge on any atom is 0.150 e. The molecule has 1 aromatic carbocycles. The number of hydrogen-bond donors (Lipinski definition) is 1. The molecule has 7 heteroatoms. The molecule has 2 aliphatic heterocycles. The summed E-state index contributed by atoms with van der Waals surface area (Å²) in [4.78, 5) is 0. The number of rotatable bonds is 3. The second-order valence-electron chi connectivity index (χ2n) is 6.06. The van der Waals surface area contributed by atoms with Crippen LogP contribution >= 0.6 is 15.9 Å². The van der Waals surface area contributed by atoms with Crippen LogP contribution in [0.15, 0.2) is 16.6 Å². The molecule has 1 aromatic rings. The third-order valence-corrected chi connectivity index (χ3v) is 7.10. The smallest absolute Gasteiger partial charge is 0.150 e. The van der Waals surface area contributed by atoms with Gasteiger partial charge in [-0.3, -0.25) is 0 Å². The molecule has 2 fully saturated rings. The normalized spacial score (nSPS) is 26.5. The van der Waals surface area contributed by atoms with Crippen molar-refractivity contribution in [1.29, 1.82) is 0 Å². The molecule has 0 saturated carbocycles. The van der Waals surface area contributed by atoms with Crippen molar-refractivity contribution in [3.05, 3.63) is 33.8 Å². The van der Waals surface area contributed by atoms with Crippen molar-refractivity contribution in [2.45, 2.75) is 12.8 Å². The lowest BCUT2D eigenvalue weighted by Gasteiger charge is -2.47. The first-order chi connectivity index (χ1) is 9.83. The highest BCUT2D eigenvalue weighted by molar-refractivity contribution is 9.10. The van der Waals surface area contributed by atoms with Gasteiger partial charge in [-0.25, -0.2) is 17.2 Å². The first kappa shape index (κ1) is 15.4. The second-order valence-corrected chi connectivity index (χ2v) is 9.15. The van der Waals surface area contributed by atoms with Gasteiger partial charge >= 0.3 is 0 Å². The molecule has 0 spiro atoms. The molecule has 0 aromatic heterocycles. The van der Waals surface area contributed by atoms with Crippen LogP contribution in [0.1, 0.15) is 12.0 Å². The lowest BCUT2D eigenvalue weighted by molar-refractivity contribution is 0.0900. The molecule has 21 heavy (non-hydrogen) atoms. The van der Waals surface area contributed by atoms with Crippen molar-refractivity contribution in [1.82, 2.24) is 5.32 Å². The van der Waals surface area contributed by atoms with Crippen LogP contribution in [-0.2, 0) is 16.3 Å². The molecular weight excluding hydrogens is 364 g/mol. The average molecular weight is 380 g/mol. The van der Waals surface area contributed by atoms with E-state index in [1.54, 1.807) is 0 Å². The van der Waals surface area contributed by atoms with E-state index in [9.17, 15) is 17.2 Å². The van der Waals surface area contributed by atoms with Gasteiger partial charge < -0.3 is 5.32 Å². The van der Waals surface area contributed by atoms with E-state index in [0.29, 0.717) is 19.5 Å². The van der Waals surface area contributed by atoms with Crippen LogP contribution in [0, 0.1) is 23.0 Å². The maximum atomic E-state index is 14.2. The summed E-state index contributed by atoms with van der Waals surface area (Å²) in [5.74, 6) is -0.860. The second kappa shape index (κ2) is 5.28. The summed E-state index contributed by atoms with van der Waals surface area (Å²) in [7, 11) is -3.00. The van der Waals surface area contributed by atoms with E-state index in [1.807, 2.05) is 0 Å². The molecule has 116 valence electrons. The minimum atomic E-state index is -3.00. The highest BCUT2D eigenvalue weighted by Gasteiger charge is 2.49. The van der Waals surface area contributed by atoms with Crippen molar-refractivity contribution in [3.63, 3.8) is 0 Å². The van der Waals surface area contributed by atoms with Crippen LogP contribution < -0.4 is 5.32 Å². The molecule has 2 heterocycles. The molecule has 0 radical (unpaired) electrons. The highest BCUT2D eigenvalue weighted by atomic mass is 79.9. The molecule has 0 aliphatic carbocycles. The fourth-order valence-corrected chi connectivity index (χ4v) is 5.68. The fraction of sp³-hybridized carbons (Fsp3) is 0.571. The van der Waals surface area contributed by atoms with Crippen molar-refractivity contribution >= 4 is 25.8 Å². The van der Waals surface area contributed by atoms with Gasteiger partial charge in [-0.15, -0.1) is 0 Å². The summed E-state index contributed by atoms with van der Waals surface area (Å²) < 4.78 is 51.7. The third-order valence-electron chi connectivity index (χ3n) is 4.72. The van der Waals surface area contributed by atoms with Gasteiger partial charge in [0, 0.05) is 24.1 Å². The average Bonchev–Trinajstić information content (AvgIpc) is 2.73. The third kappa shape index (κ3) is 2.75. The number of sulfone groups is 1. The number of nitrogens with one attached hydrogen (secondary N) is 1. The summed E-state index contributed by atoms with van der Waals surface area (Å²) >= 11 is 3.08. The lowest BCUT2D eigenvalue weighted by atomic mass is 9.66. The predicted octanol–water partition coefficient (Wildman–Crippen LogP) is 2.29. The summed E-state index contributed by atoms with van der Waals surface area (Å²) in [5, 5.41) is 3.13. The van der Waals surface area contributed by atoms with Gasteiger partial charge in [0.05, 0.1) is 16.0 Å². The first-order valence-electron chi connectivity index (χ1n) is 6.86. The minimum absolute atomic E-state index is 0.0264. The summed E-state index contributed by atoms with van der Waals surface area (Å²) in [6.45, 7) is 1.22. The Bertz CT molecular complexity index is 674. The van der Waals surface area contributed by atoms with Crippen LogP contribution in [0.4, 0.5) is 8.78 Å². The molecule has 3 rings (SSSR count). The summed E-state index contributed by atoms with van der Waals surface area (Å²) in [6, 6.07) is 2.59. The van der Waals surface area contributed by atoms with E-state index < -0.39 is 21.5 Å². The Balaban J connectivity index is 1.91. The Hall–Kier alpha value is -0.530. The zero-order chi connectivity index (χ0) is 15.3. The predicted molar refractivity (Wildman–Crippen MR) is 79.8 cm³/mol. The number of benzene rings is 1. The zero-order valence-electron chi connectivity index (χ0n) is 11.3. The van der Waals surface area contributed by atoms with Crippen molar-refractivity contribution in [2.75, 3.05) is 24.6 Å². The van der Waals surface area contributed by atoms with Gasteiger partial charge in [0.15, 0.2) is 9.84 Å². The Morgan fingerprint density at radius 2 is 2.05 bits per heavy atom. The van der Waals surface area contributed by atoms with E-state index >= 15 is 0 Å². The zero-order valence-corrected chi connectivity index (χ0v) is 13.7. The van der Waals surface area contributed by atoms with Crippen LogP contribution in [-0.4, -0.2) is 33.0 Å². The Morgan fingerprint density at radius 1 is 1.33 bits per heavy atom. The Kier molecular flexibility index (Phi) is 3.86. The number of halogens is 3. The molecule has 2 saturated heterocycles. The van der Waals surface area contributed by atoms with E-state index in [-0.39, 0.29) is 39.3 Å². The van der Waals surface area contributed by atoms with Gasteiger partial charge in [-0.2, -0.15) is 0 Å². The van der Waals surface area contributed by atoms with E-state index in [1.165, 1.54) is 12.1 Å². The minimum Gasteiger partial charge on any atom is -0.315 e. The van der Waals surface area contributed by atoms with E-state index in [4.69, 9.17) is 0 Å². The quantitative estimate of drug-likeness (QED) is 0.819. The molecular formula is C14H16BrF2NO2S. The van der Waals surface area contributed by atoms with E-state index in [0.717, 1.165) is 0 Å². The fourth-order valence-electron chi connectivity index (χ4n) is 3.37. The highest BCUT2D eigenvalue weighted by Crippen LogP contribution is 2.43. The Labute approximate surface area is 131 Å². The largest absolute Gasteiger partial charge is 0.315 e. The van der Waals surface area contributed by atoms with Crippen LogP contribution in [0.3, 0.4) is 0 Å². The topological polar surface area (TPSA) is 46.2 Å². The van der Waals surface area contributed by atoms with Crippen LogP contribution in [0.25, 0.3) is 0 Å². The number of hydrogen-bond acceptors (Lipinski definition) is 3. The summed E-state index contributed by atoms with van der Waals surface area (Å²) in [5.41, 5.74) is -0.304. The molecule has 1 unspecified atom stereocenters. The van der Waals surface area contributed by atoms with Gasteiger partial charge in [0.2, 0.25) is 0 Å².